The molecule has 0 N–H and O–H groups in total. The molecule has 0 unspecified atom stereocenters. The molecule has 0 aliphatic heterocycles. The van der Waals surface area contributed by atoms with Gasteiger partial charge in [0.05, 0.1) is 6.54 Å². The first kappa shape index (κ1) is 8.44. The lowest BCUT2D eigenvalue weighted by Gasteiger charge is -1.99. The van der Waals surface area contributed by atoms with Gasteiger partial charge in [-0.15, -0.1) is 0 Å². The summed E-state index contributed by atoms with van der Waals surface area (Å²) < 4.78 is 0. The van der Waals surface area contributed by atoms with Crippen LogP contribution in [0.2, 0.25) is 0 Å². The van der Waals surface area contributed by atoms with E-state index in [4.69, 9.17) is 0 Å². The maximum Gasteiger partial charge on any atom is 0.235 e. The molecule has 1 aromatic carbocycles. The fraction of sp³-hybridized carbons (Fsp3) is 0.100. The summed E-state index contributed by atoms with van der Waals surface area (Å²) in [5.41, 5.74) is 1.84. The molecule has 0 heterocycles. The highest BCUT2D eigenvalue weighted by Gasteiger charge is 1.94. The quantitative estimate of drug-likeness (QED) is 0.490. The predicted octanol–water partition coefficient (Wildman–Crippen LogP) is 2.04. The SMILES string of the molecule is C=C(CN=C=O)c1ccccc1. The number of isocyanates is 1. The van der Waals surface area contributed by atoms with Gasteiger partial charge in [-0.3, -0.25) is 0 Å². The van der Waals surface area contributed by atoms with Gasteiger partial charge in [0.15, 0.2) is 0 Å². The summed E-state index contributed by atoms with van der Waals surface area (Å²) in [5, 5.41) is 0. The van der Waals surface area contributed by atoms with E-state index in [2.05, 4.69) is 11.6 Å². The molecule has 2 heteroatoms. The normalized spacial score (nSPS) is 8.67. The Labute approximate surface area is 71.3 Å². The van der Waals surface area contributed by atoms with Crippen LogP contribution in [-0.2, 0) is 4.79 Å². The van der Waals surface area contributed by atoms with Crippen molar-refractivity contribution in [3.63, 3.8) is 0 Å². The molecule has 0 atom stereocenters. The molecule has 12 heavy (non-hydrogen) atoms. The standard InChI is InChI=1S/C10H9NO/c1-9(7-11-8-12)10-5-3-2-4-6-10/h2-6H,1,7H2. The molecule has 0 aromatic heterocycles. The molecule has 0 spiro atoms. The molecule has 0 fully saturated rings. The van der Waals surface area contributed by atoms with Crippen molar-refractivity contribution >= 4 is 11.7 Å². The van der Waals surface area contributed by atoms with Gasteiger partial charge in [0, 0.05) is 0 Å². The van der Waals surface area contributed by atoms with Crippen LogP contribution >= 0.6 is 0 Å². The van der Waals surface area contributed by atoms with Crippen molar-refractivity contribution in [3.05, 3.63) is 42.5 Å². The zero-order valence-corrected chi connectivity index (χ0v) is 6.66. The highest BCUT2D eigenvalue weighted by molar-refractivity contribution is 5.65. The largest absolute Gasteiger partial charge is 0.235 e. The summed E-state index contributed by atoms with van der Waals surface area (Å²) in [6, 6.07) is 9.64. The van der Waals surface area contributed by atoms with Crippen LogP contribution in [0.3, 0.4) is 0 Å². The Morgan fingerprint density at radius 2 is 2.08 bits per heavy atom. The van der Waals surface area contributed by atoms with Crippen LogP contribution in [0.15, 0.2) is 41.9 Å². The maximum absolute atomic E-state index is 9.81. The molecule has 0 aliphatic rings. The van der Waals surface area contributed by atoms with E-state index >= 15 is 0 Å². The molecule has 0 bridgehead atoms. The van der Waals surface area contributed by atoms with Gasteiger partial charge in [0.1, 0.15) is 0 Å². The van der Waals surface area contributed by atoms with E-state index in [-0.39, 0.29) is 0 Å². The van der Waals surface area contributed by atoms with Crippen molar-refractivity contribution in [1.82, 2.24) is 0 Å². The van der Waals surface area contributed by atoms with E-state index in [1.54, 1.807) is 0 Å². The number of nitrogens with zero attached hydrogens (tertiary/aromatic N) is 1. The van der Waals surface area contributed by atoms with E-state index in [0.29, 0.717) is 6.54 Å². The zero-order chi connectivity index (χ0) is 8.81. The Morgan fingerprint density at radius 3 is 2.67 bits per heavy atom. The fourth-order valence-electron chi connectivity index (χ4n) is 0.893. The van der Waals surface area contributed by atoms with E-state index in [0.717, 1.165) is 11.1 Å². The third-order valence-electron chi connectivity index (χ3n) is 1.52. The molecule has 0 aliphatic carbocycles. The number of hydrogen-bond donors (Lipinski definition) is 0. The average Bonchev–Trinajstić information content (AvgIpc) is 2.15. The molecule has 1 aromatic rings. The van der Waals surface area contributed by atoms with Crippen molar-refractivity contribution < 1.29 is 4.79 Å². The van der Waals surface area contributed by atoms with Gasteiger partial charge in [0.2, 0.25) is 6.08 Å². The van der Waals surface area contributed by atoms with E-state index in [1.807, 2.05) is 30.3 Å². The topological polar surface area (TPSA) is 29.4 Å². The van der Waals surface area contributed by atoms with Crippen LogP contribution in [0, 0.1) is 0 Å². The maximum atomic E-state index is 9.81. The second kappa shape index (κ2) is 4.27. The van der Waals surface area contributed by atoms with E-state index < -0.39 is 0 Å². The summed E-state index contributed by atoms with van der Waals surface area (Å²) in [5.74, 6) is 0. The molecule has 0 radical (unpaired) electrons. The van der Waals surface area contributed by atoms with Crippen LogP contribution in [0.1, 0.15) is 5.56 Å². The summed E-state index contributed by atoms with van der Waals surface area (Å²) >= 11 is 0. The third kappa shape index (κ3) is 2.19. The van der Waals surface area contributed by atoms with Crippen molar-refractivity contribution in [2.45, 2.75) is 0 Å². The van der Waals surface area contributed by atoms with Crippen LogP contribution in [0.5, 0.6) is 0 Å². The van der Waals surface area contributed by atoms with Crippen LogP contribution in [-0.4, -0.2) is 12.6 Å². The van der Waals surface area contributed by atoms with Crippen LogP contribution in [0.4, 0.5) is 0 Å². The van der Waals surface area contributed by atoms with Gasteiger partial charge < -0.3 is 0 Å². The predicted molar refractivity (Wildman–Crippen MR) is 48.5 cm³/mol. The van der Waals surface area contributed by atoms with Gasteiger partial charge in [0.25, 0.3) is 0 Å². The zero-order valence-electron chi connectivity index (χ0n) is 6.66. The minimum Gasteiger partial charge on any atom is -0.211 e. The first-order valence-corrected chi connectivity index (χ1v) is 3.61. The molecule has 1 rings (SSSR count). The smallest absolute Gasteiger partial charge is 0.211 e. The van der Waals surface area contributed by atoms with Gasteiger partial charge in [-0.05, 0) is 11.1 Å². The van der Waals surface area contributed by atoms with Gasteiger partial charge in [-0.2, -0.15) is 0 Å². The molecule has 0 saturated heterocycles. The number of aliphatic imine (C=N–C) groups is 1. The van der Waals surface area contributed by atoms with Crippen molar-refractivity contribution in [2.75, 3.05) is 6.54 Å². The summed E-state index contributed by atoms with van der Waals surface area (Å²) in [4.78, 5) is 13.3. The first-order valence-electron chi connectivity index (χ1n) is 3.61. The van der Waals surface area contributed by atoms with E-state index in [9.17, 15) is 4.79 Å². The Morgan fingerprint density at radius 1 is 1.42 bits per heavy atom. The third-order valence-corrected chi connectivity index (χ3v) is 1.52. The summed E-state index contributed by atoms with van der Waals surface area (Å²) in [7, 11) is 0. The van der Waals surface area contributed by atoms with Gasteiger partial charge in [-0.25, -0.2) is 9.79 Å². The highest BCUT2D eigenvalue weighted by Crippen LogP contribution is 2.10. The van der Waals surface area contributed by atoms with Crippen LogP contribution < -0.4 is 0 Å². The minimum atomic E-state index is 0.327. The number of hydrogen-bond acceptors (Lipinski definition) is 2. The molecule has 0 amide bonds. The number of carbonyl (C=O) groups excluding carboxylic acids is 1. The molecular formula is C10H9NO. The Hall–Kier alpha value is -1.66. The van der Waals surface area contributed by atoms with Crippen molar-refractivity contribution in [3.8, 4) is 0 Å². The van der Waals surface area contributed by atoms with Crippen LogP contribution in [0.25, 0.3) is 5.57 Å². The van der Waals surface area contributed by atoms with Gasteiger partial charge in [-0.1, -0.05) is 36.9 Å². The lowest BCUT2D eigenvalue weighted by atomic mass is 10.1. The number of rotatable bonds is 3. The minimum absolute atomic E-state index is 0.327. The van der Waals surface area contributed by atoms with Gasteiger partial charge >= 0.3 is 0 Å². The molecule has 0 saturated carbocycles. The average molecular weight is 159 g/mol. The Kier molecular flexibility index (Phi) is 3.00. The second-order valence-corrected chi connectivity index (χ2v) is 2.38. The summed E-state index contributed by atoms with van der Waals surface area (Å²) in [6.07, 6.45) is 1.48. The molecular weight excluding hydrogens is 150 g/mol. The van der Waals surface area contributed by atoms with Crippen molar-refractivity contribution in [1.29, 1.82) is 0 Å². The molecule has 60 valence electrons. The highest BCUT2D eigenvalue weighted by atomic mass is 16.1. The Bertz CT molecular complexity index is 310. The summed E-state index contributed by atoms with van der Waals surface area (Å²) in [6.45, 7) is 4.12. The molecule has 2 nitrogen and oxygen atoms in total. The first-order chi connectivity index (χ1) is 5.84. The lowest BCUT2D eigenvalue weighted by molar-refractivity contribution is 0.564. The Balaban J connectivity index is 2.72. The van der Waals surface area contributed by atoms with E-state index in [1.165, 1.54) is 6.08 Å². The van der Waals surface area contributed by atoms with Crippen molar-refractivity contribution in [2.24, 2.45) is 4.99 Å². The second-order valence-electron chi connectivity index (χ2n) is 2.38. The lowest BCUT2D eigenvalue weighted by Crippen LogP contribution is -1.85. The number of benzene rings is 1. The monoisotopic (exact) mass is 159 g/mol. The fourth-order valence-corrected chi connectivity index (χ4v) is 0.893.